The molecule has 0 atom stereocenters. The molecule has 0 spiro atoms. The summed E-state index contributed by atoms with van der Waals surface area (Å²) in [7, 11) is 3.19. The second-order valence-electron chi connectivity index (χ2n) is 6.73. The normalized spacial score (nSPS) is 11.6. The number of fused-ring (bicyclic) bond motifs is 5. The Bertz CT molecular complexity index is 1330. The largest absolute Gasteiger partial charge is 0.494 e. The summed E-state index contributed by atoms with van der Waals surface area (Å²) in [5.74, 6) is 8.43. The standard InChI is InChI=1S/C21H16ClN7O2/c1-30-11-20-26-27-21-15-7-13(22)3-5-17(15)29-12-25-16(18(29)10-28(20)21)4-6-19-23-8-14(31-2)9-24-19/h3,5,7-9,12H,10-11H2,1-2H3. The molecule has 4 heterocycles. The van der Waals surface area contributed by atoms with E-state index in [0.717, 1.165) is 16.9 Å². The van der Waals surface area contributed by atoms with E-state index in [1.807, 2.05) is 27.3 Å². The van der Waals surface area contributed by atoms with Crippen molar-refractivity contribution in [3.8, 4) is 34.7 Å². The van der Waals surface area contributed by atoms with Gasteiger partial charge >= 0.3 is 0 Å². The first kappa shape index (κ1) is 19.2. The van der Waals surface area contributed by atoms with Crippen molar-refractivity contribution in [1.82, 2.24) is 34.3 Å². The smallest absolute Gasteiger partial charge is 0.205 e. The van der Waals surface area contributed by atoms with Crippen LogP contribution in [0.5, 0.6) is 5.75 Å². The second-order valence-corrected chi connectivity index (χ2v) is 7.16. The van der Waals surface area contributed by atoms with E-state index >= 15 is 0 Å². The molecule has 0 N–H and O–H groups in total. The van der Waals surface area contributed by atoms with Crippen LogP contribution in [-0.2, 0) is 17.9 Å². The Balaban J connectivity index is 1.64. The maximum atomic E-state index is 6.28. The van der Waals surface area contributed by atoms with E-state index in [-0.39, 0.29) is 0 Å². The number of hydrogen-bond donors (Lipinski definition) is 0. The van der Waals surface area contributed by atoms with Gasteiger partial charge in [0, 0.05) is 17.7 Å². The average Bonchev–Trinajstić information content (AvgIpc) is 3.34. The highest BCUT2D eigenvalue weighted by atomic mass is 35.5. The molecule has 1 aliphatic rings. The number of halogens is 1. The highest BCUT2D eigenvalue weighted by molar-refractivity contribution is 6.31. The molecule has 5 rings (SSSR count). The predicted octanol–water partition coefficient (Wildman–Crippen LogP) is 2.49. The van der Waals surface area contributed by atoms with Crippen molar-refractivity contribution in [1.29, 1.82) is 0 Å². The van der Waals surface area contributed by atoms with Gasteiger partial charge in [0.15, 0.2) is 17.4 Å². The van der Waals surface area contributed by atoms with E-state index < -0.39 is 0 Å². The van der Waals surface area contributed by atoms with Crippen LogP contribution in [0.2, 0.25) is 5.02 Å². The molecule has 0 amide bonds. The predicted molar refractivity (Wildman–Crippen MR) is 112 cm³/mol. The molecule has 0 saturated carbocycles. The van der Waals surface area contributed by atoms with Gasteiger partial charge in [-0.2, -0.15) is 0 Å². The van der Waals surface area contributed by atoms with Crippen molar-refractivity contribution in [2.24, 2.45) is 0 Å². The Labute approximate surface area is 182 Å². The number of ether oxygens (including phenoxy) is 2. The van der Waals surface area contributed by atoms with Gasteiger partial charge in [-0.3, -0.25) is 4.57 Å². The molecule has 154 valence electrons. The summed E-state index contributed by atoms with van der Waals surface area (Å²) >= 11 is 6.28. The molecule has 0 fully saturated rings. The van der Waals surface area contributed by atoms with Gasteiger partial charge in [0.2, 0.25) is 5.82 Å². The summed E-state index contributed by atoms with van der Waals surface area (Å²) in [4.78, 5) is 12.9. The van der Waals surface area contributed by atoms with E-state index in [9.17, 15) is 0 Å². The number of nitrogens with zero attached hydrogens (tertiary/aromatic N) is 7. The Morgan fingerprint density at radius 1 is 1.10 bits per heavy atom. The average molecular weight is 434 g/mol. The molecule has 0 aliphatic carbocycles. The van der Waals surface area contributed by atoms with Crippen molar-refractivity contribution in [2.75, 3.05) is 14.2 Å². The van der Waals surface area contributed by atoms with Crippen LogP contribution < -0.4 is 4.74 Å². The van der Waals surface area contributed by atoms with Crippen LogP contribution in [-0.4, -0.2) is 48.5 Å². The maximum absolute atomic E-state index is 6.28. The number of benzene rings is 1. The van der Waals surface area contributed by atoms with E-state index in [2.05, 4.69) is 37.0 Å². The lowest BCUT2D eigenvalue weighted by molar-refractivity contribution is 0.174. The lowest BCUT2D eigenvalue weighted by atomic mass is 10.1. The van der Waals surface area contributed by atoms with Gasteiger partial charge in [0.05, 0.1) is 37.4 Å². The summed E-state index contributed by atoms with van der Waals surface area (Å²) in [6.07, 6.45) is 4.90. The number of methoxy groups -OCH3 is 2. The summed E-state index contributed by atoms with van der Waals surface area (Å²) < 4.78 is 14.4. The molecule has 10 heteroatoms. The SMILES string of the molecule is COCc1nnc2n1Cc1c(C#Cc3ncc(OC)cn3)ncn1-c1ccc(Cl)cc1-2. The Hall–Kier alpha value is -3.74. The fourth-order valence-corrected chi connectivity index (χ4v) is 3.59. The summed E-state index contributed by atoms with van der Waals surface area (Å²) in [5, 5.41) is 9.31. The Morgan fingerprint density at radius 3 is 2.71 bits per heavy atom. The quantitative estimate of drug-likeness (QED) is 0.403. The van der Waals surface area contributed by atoms with Crippen LogP contribution in [0.15, 0.2) is 36.9 Å². The van der Waals surface area contributed by atoms with E-state index in [4.69, 9.17) is 21.1 Å². The minimum atomic E-state index is 0.331. The minimum absolute atomic E-state index is 0.331. The van der Waals surface area contributed by atoms with Crippen LogP contribution in [0.3, 0.4) is 0 Å². The molecule has 9 nitrogen and oxygen atoms in total. The molecule has 0 saturated heterocycles. The lowest BCUT2D eigenvalue weighted by Crippen LogP contribution is -2.09. The molecule has 4 aromatic rings. The summed E-state index contributed by atoms with van der Waals surface area (Å²) in [5.41, 5.74) is 3.26. The van der Waals surface area contributed by atoms with Gasteiger partial charge < -0.3 is 14.0 Å². The van der Waals surface area contributed by atoms with Gasteiger partial charge in [-0.05, 0) is 30.0 Å². The molecule has 0 radical (unpaired) electrons. The van der Waals surface area contributed by atoms with Crippen molar-refractivity contribution in [3.05, 3.63) is 65.0 Å². The van der Waals surface area contributed by atoms with E-state index in [1.165, 1.54) is 0 Å². The van der Waals surface area contributed by atoms with Crippen molar-refractivity contribution in [3.63, 3.8) is 0 Å². The first-order valence-corrected chi connectivity index (χ1v) is 9.71. The third kappa shape index (κ3) is 3.42. The van der Waals surface area contributed by atoms with Gasteiger partial charge in [-0.15, -0.1) is 10.2 Å². The number of rotatable bonds is 3. The molecule has 3 aromatic heterocycles. The van der Waals surface area contributed by atoms with Gasteiger partial charge in [-0.25, -0.2) is 15.0 Å². The molecule has 31 heavy (non-hydrogen) atoms. The lowest BCUT2D eigenvalue weighted by Gasteiger charge is -2.08. The van der Waals surface area contributed by atoms with Crippen LogP contribution in [0.4, 0.5) is 0 Å². The molecule has 0 bridgehead atoms. The molecular formula is C21H16ClN7O2. The first-order valence-electron chi connectivity index (χ1n) is 9.33. The van der Waals surface area contributed by atoms with Crippen molar-refractivity contribution >= 4 is 11.6 Å². The Morgan fingerprint density at radius 2 is 1.94 bits per heavy atom. The third-order valence-electron chi connectivity index (χ3n) is 4.89. The van der Waals surface area contributed by atoms with Gasteiger partial charge in [-0.1, -0.05) is 11.6 Å². The summed E-state index contributed by atoms with van der Waals surface area (Å²) in [6.45, 7) is 0.804. The van der Waals surface area contributed by atoms with Gasteiger partial charge in [0.25, 0.3) is 0 Å². The minimum Gasteiger partial charge on any atom is -0.494 e. The number of hydrogen-bond acceptors (Lipinski definition) is 7. The molecular weight excluding hydrogens is 418 g/mol. The Kier molecular flexibility index (Phi) is 4.86. The van der Waals surface area contributed by atoms with Crippen LogP contribution >= 0.6 is 11.6 Å². The van der Waals surface area contributed by atoms with Crippen molar-refractivity contribution in [2.45, 2.75) is 13.2 Å². The molecule has 0 unspecified atom stereocenters. The zero-order chi connectivity index (χ0) is 21.4. The van der Waals surface area contributed by atoms with E-state index in [0.29, 0.717) is 47.1 Å². The number of imidazole rings is 1. The monoisotopic (exact) mass is 433 g/mol. The van der Waals surface area contributed by atoms with Crippen molar-refractivity contribution < 1.29 is 9.47 Å². The second kappa shape index (κ2) is 7.83. The maximum Gasteiger partial charge on any atom is 0.205 e. The summed E-state index contributed by atoms with van der Waals surface area (Å²) in [6, 6.07) is 5.65. The topological polar surface area (TPSA) is 92.8 Å². The third-order valence-corrected chi connectivity index (χ3v) is 5.13. The zero-order valence-corrected chi connectivity index (χ0v) is 17.5. The highest BCUT2D eigenvalue weighted by Crippen LogP contribution is 2.34. The van der Waals surface area contributed by atoms with Crippen LogP contribution in [0, 0.1) is 11.8 Å². The fraction of sp³-hybridized carbons (Fsp3) is 0.190. The molecule has 1 aliphatic heterocycles. The van der Waals surface area contributed by atoms with E-state index in [1.54, 1.807) is 32.9 Å². The van der Waals surface area contributed by atoms with Crippen LogP contribution in [0.1, 0.15) is 23.0 Å². The number of aromatic nitrogens is 7. The molecule has 1 aromatic carbocycles. The first-order chi connectivity index (χ1) is 15.2. The highest BCUT2D eigenvalue weighted by Gasteiger charge is 2.25. The van der Waals surface area contributed by atoms with Crippen LogP contribution in [0.25, 0.3) is 17.1 Å². The fourth-order valence-electron chi connectivity index (χ4n) is 3.42. The van der Waals surface area contributed by atoms with Gasteiger partial charge in [0.1, 0.15) is 18.6 Å². The zero-order valence-electron chi connectivity index (χ0n) is 16.7.